The minimum absolute atomic E-state index is 0.199. The third-order valence-electron chi connectivity index (χ3n) is 11.9. The number of anilines is 2. The highest BCUT2D eigenvalue weighted by Crippen LogP contribution is 2.33. The Labute approximate surface area is 351 Å². The average molecular weight is 808 g/mol. The third-order valence-corrected chi connectivity index (χ3v) is 11.9. The van der Waals surface area contributed by atoms with Crippen molar-refractivity contribution in [2.24, 2.45) is 0 Å². The number of piperazine rings is 1. The Morgan fingerprint density at radius 2 is 1.53 bits per heavy atom. The molecule has 4 heterocycles. The molecule has 6 aromatic rings. The normalized spacial score (nSPS) is 14.9. The number of aryl methyl sites for hydroxylation is 2. The van der Waals surface area contributed by atoms with Gasteiger partial charge < -0.3 is 20.9 Å². The Morgan fingerprint density at radius 3 is 2.27 bits per heavy atom. The van der Waals surface area contributed by atoms with E-state index in [9.17, 15) is 9.59 Å². The van der Waals surface area contributed by atoms with Crippen LogP contribution in [0.3, 0.4) is 0 Å². The molecule has 3 N–H and O–H groups in total. The van der Waals surface area contributed by atoms with Crippen molar-refractivity contribution in [1.82, 2.24) is 35.3 Å². The smallest absolute Gasteiger partial charge is 0.251 e. The number of amides is 2. The van der Waals surface area contributed by atoms with E-state index in [2.05, 4.69) is 61.8 Å². The van der Waals surface area contributed by atoms with E-state index in [0.29, 0.717) is 29.2 Å². The standard InChI is InChI=1S/C48H54FN9O2/c1-3-44-41(45(54-38-14-6-5-7-15-38)42-31-53-58(4-2)46(42)55-44)30-52-48(60)37-13-9-12-36(28-37)47(59)51-29-33-16-17-43(49)40(27-33)35-11-8-10-34(26-35)32-56-22-24-57(25-23-56)39-18-20-50-21-19-39/h8-13,16-21,26-28,31,38H,3-7,14-15,22-25,29-30,32H2,1-2H3,(H,51,59)(H,52,60)(H,54,55). The molecule has 0 atom stereocenters. The number of nitrogens with one attached hydrogen (secondary N) is 3. The molecule has 2 aliphatic rings. The van der Waals surface area contributed by atoms with Crippen LogP contribution in [0.2, 0.25) is 0 Å². The number of nitrogens with zero attached hydrogens (tertiary/aromatic N) is 6. The number of hydrogen-bond acceptors (Lipinski definition) is 8. The van der Waals surface area contributed by atoms with Gasteiger partial charge in [-0.3, -0.25) is 19.5 Å². The highest BCUT2D eigenvalue weighted by atomic mass is 19.1. The Morgan fingerprint density at radius 1 is 0.800 bits per heavy atom. The fraction of sp³-hybridized carbons (Fsp3) is 0.354. The summed E-state index contributed by atoms with van der Waals surface area (Å²) in [5.74, 6) is -0.921. The van der Waals surface area contributed by atoms with Gasteiger partial charge in [-0.05, 0) is 91.4 Å². The van der Waals surface area contributed by atoms with Crippen LogP contribution in [0.1, 0.15) is 89.1 Å². The van der Waals surface area contributed by atoms with E-state index in [1.807, 2.05) is 47.5 Å². The molecular weight excluding hydrogens is 754 g/mol. The van der Waals surface area contributed by atoms with Crippen LogP contribution in [0.15, 0.2) is 97.5 Å². The molecule has 60 heavy (non-hydrogen) atoms. The monoisotopic (exact) mass is 807 g/mol. The van der Waals surface area contributed by atoms with Crippen molar-refractivity contribution in [3.05, 3.63) is 137 Å². The summed E-state index contributed by atoms with van der Waals surface area (Å²) >= 11 is 0. The number of aromatic nitrogens is 4. The van der Waals surface area contributed by atoms with Gasteiger partial charge in [0.05, 0.1) is 17.3 Å². The van der Waals surface area contributed by atoms with Crippen molar-refractivity contribution < 1.29 is 14.0 Å². The van der Waals surface area contributed by atoms with Crippen LogP contribution in [0, 0.1) is 5.82 Å². The molecule has 0 unspecified atom stereocenters. The number of hydrogen-bond donors (Lipinski definition) is 3. The van der Waals surface area contributed by atoms with Gasteiger partial charge in [0.25, 0.3) is 11.8 Å². The molecule has 3 aromatic heterocycles. The van der Waals surface area contributed by atoms with Crippen molar-refractivity contribution in [2.75, 3.05) is 36.4 Å². The predicted octanol–water partition coefficient (Wildman–Crippen LogP) is 8.14. The average Bonchev–Trinajstić information content (AvgIpc) is 3.72. The zero-order valence-electron chi connectivity index (χ0n) is 34.6. The van der Waals surface area contributed by atoms with E-state index in [-0.39, 0.29) is 30.7 Å². The zero-order chi connectivity index (χ0) is 41.4. The minimum atomic E-state index is -0.323. The highest BCUT2D eigenvalue weighted by Gasteiger charge is 2.23. The van der Waals surface area contributed by atoms with E-state index in [1.54, 1.807) is 36.4 Å². The van der Waals surface area contributed by atoms with Crippen molar-refractivity contribution in [3.8, 4) is 11.1 Å². The quantitative estimate of drug-likeness (QED) is 0.101. The van der Waals surface area contributed by atoms with Crippen LogP contribution in [0.4, 0.5) is 15.8 Å². The fourth-order valence-electron chi connectivity index (χ4n) is 8.58. The molecule has 3 aromatic carbocycles. The molecule has 2 amide bonds. The lowest BCUT2D eigenvalue weighted by molar-refractivity contribution is 0.0950. The molecule has 11 nitrogen and oxygen atoms in total. The molecule has 0 spiro atoms. The highest BCUT2D eigenvalue weighted by molar-refractivity contribution is 6.00. The summed E-state index contributed by atoms with van der Waals surface area (Å²) in [4.78, 5) is 41.0. The summed E-state index contributed by atoms with van der Waals surface area (Å²) in [5.41, 5.74) is 8.85. The maximum Gasteiger partial charge on any atom is 0.251 e. The first kappa shape index (κ1) is 40.6. The summed E-state index contributed by atoms with van der Waals surface area (Å²) in [6.07, 6.45) is 12.1. The van der Waals surface area contributed by atoms with Crippen LogP contribution in [0.5, 0.6) is 0 Å². The van der Waals surface area contributed by atoms with Crippen molar-refractivity contribution in [1.29, 1.82) is 0 Å². The summed E-state index contributed by atoms with van der Waals surface area (Å²) in [6.45, 7) is 9.86. The Balaban J connectivity index is 0.901. The first-order valence-corrected chi connectivity index (χ1v) is 21.4. The molecule has 2 fully saturated rings. The lowest BCUT2D eigenvalue weighted by atomic mass is 9.94. The zero-order valence-corrected chi connectivity index (χ0v) is 34.6. The SMILES string of the molecule is CCc1nc2c(cnn2CC)c(NC2CCCCC2)c1CNC(=O)c1cccc(C(=O)NCc2ccc(F)c(-c3cccc(CN4CCN(c5ccncc5)CC4)c3)c2)c1. The maximum atomic E-state index is 15.3. The van der Waals surface area contributed by atoms with E-state index in [4.69, 9.17) is 4.98 Å². The van der Waals surface area contributed by atoms with Crippen LogP contribution < -0.4 is 20.9 Å². The number of carbonyl (C=O) groups is 2. The van der Waals surface area contributed by atoms with E-state index in [1.165, 1.54) is 31.0 Å². The van der Waals surface area contributed by atoms with Crippen LogP contribution in [-0.2, 0) is 32.6 Å². The lowest BCUT2D eigenvalue weighted by Gasteiger charge is -2.36. The molecule has 1 aliphatic heterocycles. The molecule has 1 saturated heterocycles. The Hall–Kier alpha value is -6.14. The minimum Gasteiger partial charge on any atom is -0.381 e. The van der Waals surface area contributed by atoms with Gasteiger partial charge in [0.15, 0.2) is 5.65 Å². The number of pyridine rings is 2. The summed E-state index contributed by atoms with van der Waals surface area (Å²) in [5, 5.41) is 15.5. The lowest BCUT2D eigenvalue weighted by Crippen LogP contribution is -2.45. The van der Waals surface area contributed by atoms with Crippen LogP contribution in [0.25, 0.3) is 22.2 Å². The number of rotatable bonds is 14. The van der Waals surface area contributed by atoms with Gasteiger partial charge >= 0.3 is 0 Å². The van der Waals surface area contributed by atoms with Gasteiger partial charge in [-0.25, -0.2) is 14.1 Å². The number of halogens is 1. The van der Waals surface area contributed by atoms with Gasteiger partial charge in [-0.15, -0.1) is 0 Å². The first-order valence-electron chi connectivity index (χ1n) is 21.4. The second-order valence-corrected chi connectivity index (χ2v) is 15.9. The number of fused-ring (bicyclic) bond motifs is 1. The summed E-state index contributed by atoms with van der Waals surface area (Å²) in [7, 11) is 0. The first-order chi connectivity index (χ1) is 29.4. The van der Waals surface area contributed by atoms with E-state index >= 15 is 4.39 Å². The molecule has 1 saturated carbocycles. The molecule has 310 valence electrons. The van der Waals surface area contributed by atoms with Gasteiger partial charge in [-0.1, -0.05) is 56.5 Å². The fourth-order valence-corrected chi connectivity index (χ4v) is 8.58. The molecule has 12 heteroatoms. The second-order valence-electron chi connectivity index (χ2n) is 15.9. The Kier molecular flexibility index (Phi) is 12.8. The van der Waals surface area contributed by atoms with Crippen LogP contribution in [-0.4, -0.2) is 68.7 Å². The topological polar surface area (TPSA) is 120 Å². The Bertz CT molecular complexity index is 2440. The van der Waals surface area contributed by atoms with Gasteiger partial charge in [0.1, 0.15) is 5.82 Å². The van der Waals surface area contributed by atoms with Gasteiger partial charge in [0, 0.05) is 104 Å². The van der Waals surface area contributed by atoms with Crippen molar-refractivity contribution in [3.63, 3.8) is 0 Å². The predicted molar refractivity (Wildman–Crippen MR) is 235 cm³/mol. The van der Waals surface area contributed by atoms with Crippen molar-refractivity contribution in [2.45, 2.75) is 84.6 Å². The van der Waals surface area contributed by atoms with Gasteiger partial charge in [0.2, 0.25) is 0 Å². The number of benzene rings is 3. The molecule has 1 aliphatic carbocycles. The third kappa shape index (κ3) is 9.34. The molecular formula is C48H54FN9O2. The molecule has 0 bridgehead atoms. The summed E-state index contributed by atoms with van der Waals surface area (Å²) < 4.78 is 17.2. The largest absolute Gasteiger partial charge is 0.381 e. The number of carbonyl (C=O) groups excluding carboxylic acids is 2. The summed E-state index contributed by atoms with van der Waals surface area (Å²) in [6, 6.07) is 24.2. The van der Waals surface area contributed by atoms with E-state index in [0.717, 1.165) is 96.8 Å². The second kappa shape index (κ2) is 18.8. The maximum absolute atomic E-state index is 15.3. The van der Waals surface area contributed by atoms with E-state index < -0.39 is 0 Å². The van der Waals surface area contributed by atoms with Gasteiger partial charge in [-0.2, -0.15) is 5.10 Å². The molecule has 8 rings (SSSR count). The van der Waals surface area contributed by atoms with Crippen LogP contribution >= 0.6 is 0 Å². The van der Waals surface area contributed by atoms with Crippen molar-refractivity contribution >= 4 is 34.2 Å². The molecule has 0 radical (unpaired) electrons.